The first-order valence-corrected chi connectivity index (χ1v) is 6.81. The smallest absolute Gasteiger partial charge is 0.123 e. The highest BCUT2D eigenvalue weighted by molar-refractivity contribution is 6.30. The fraction of sp³-hybridized carbons (Fsp3) is 0.200. The molecule has 0 fully saturated rings. The van der Waals surface area contributed by atoms with Crippen molar-refractivity contribution in [3.8, 4) is 0 Å². The monoisotopic (exact) mass is 297 g/mol. The minimum atomic E-state index is -0.223. The molecule has 2 rings (SSSR count). The van der Waals surface area contributed by atoms with Gasteiger partial charge in [0, 0.05) is 30.2 Å². The fourth-order valence-electron chi connectivity index (χ4n) is 1.98. The molecule has 0 spiro atoms. The van der Waals surface area contributed by atoms with Crippen LogP contribution in [0.15, 0.2) is 42.5 Å². The molecule has 2 aromatic rings. The van der Waals surface area contributed by atoms with Crippen molar-refractivity contribution in [2.75, 3.05) is 11.9 Å². The zero-order valence-corrected chi connectivity index (χ0v) is 12.0. The Bertz CT molecular complexity index is 555. The van der Waals surface area contributed by atoms with E-state index in [9.17, 15) is 4.39 Å². The van der Waals surface area contributed by atoms with Crippen LogP contribution in [-0.4, -0.2) is 7.05 Å². The van der Waals surface area contributed by atoms with Crippen molar-refractivity contribution in [2.45, 2.75) is 12.4 Å². The lowest BCUT2D eigenvalue weighted by Gasteiger charge is -2.22. The molecule has 0 N–H and O–H groups in total. The quantitative estimate of drug-likeness (QED) is 0.729. The number of alkyl halides is 1. The van der Waals surface area contributed by atoms with Gasteiger partial charge in [0.1, 0.15) is 5.82 Å². The van der Waals surface area contributed by atoms with Gasteiger partial charge < -0.3 is 4.90 Å². The summed E-state index contributed by atoms with van der Waals surface area (Å²) < 4.78 is 12.9. The third-order valence-corrected chi connectivity index (χ3v) is 3.45. The van der Waals surface area contributed by atoms with Gasteiger partial charge in [-0.2, -0.15) is 0 Å². The molecule has 1 nitrogen and oxygen atoms in total. The maximum Gasteiger partial charge on any atom is 0.123 e. The molecular weight excluding hydrogens is 284 g/mol. The van der Waals surface area contributed by atoms with Crippen molar-refractivity contribution in [1.29, 1.82) is 0 Å². The predicted molar refractivity (Wildman–Crippen MR) is 79.5 cm³/mol. The summed E-state index contributed by atoms with van der Waals surface area (Å²) in [4.78, 5) is 2.07. The van der Waals surface area contributed by atoms with Crippen LogP contribution in [0.3, 0.4) is 0 Å². The molecule has 0 aliphatic rings. The van der Waals surface area contributed by atoms with E-state index in [4.69, 9.17) is 23.2 Å². The zero-order chi connectivity index (χ0) is 13.8. The van der Waals surface area contributed by atoms with Crippen LogP contribution in [-0.2, 0) is 12.4 Å². The molecule has 0 saturated carbocycles. The normalized spacial score (nSPS) is 10.5. The fourth-order valence-corrected chi connectivity index (χ4v) is 2.39. The molecular formula is C15H14Cl2FN. The van der Waals surface area contributed by atoms with E-state index in [-0.39, 0.29) is 5.82 Å². The third kappa shape index (κ3) is 3.62. The molecule has 2 aromatic carbocycles. The average molecular weight is 298 g/mol. The summed E-state index contributed by atoms with van der Waals surface area (Å²) >= 11 is 11.9. The molecule has 0 aliphatic heterocycles. The number of hydrogen-bond acceptors (Lipinski definition) is 1. The van der Waals surface area contributed by atoms with Crippen molar-refractivity contribution in [2.24, 2.45) is 0 Å². The lowest BCUT2D eigenvalue weighted by molar-refractivity contribution is 0.627. The SMILES string of the molecule is CN(Cc1ccc(F)cc1)c1ccc(Cl)cc1CCl. The van der Waals surface area contributed by atoms with Crippen molar-refractivity contribution < 1.29 is 4.39 Å². The van der Waals surface area contributed by atoms with Crippen LogP contribution in [0.4, 0.5) is 10.1 Å². The number of rotatable bonds is 4. The number of halogens is 3. The highest BCUT2D eigenvalue weighted by Crippen LogP contribution is 2.26. The van der Waals surface area contributed by atoms with Crippen molar-refractivity contribution in [1.82, 2.24) is 0 Å². The second-order valence-electron chi connectivity index (χ2n) is 4.39. The molecule has 0 aliphatic carbocycles. The molecule has 0 atom stereocenters. The maximum absolute atomic E-state index is 12.9. The van der Waals surface area contributed by atoms with Gasteiger partial charge >= 0.3 is 0 Å². The summed E-state index contributed by atoms with van der Waals surface area (Å²) in [5.41, 5.74) is 3.06. The van der Waals surface area contributed by atoms with Crippen molar-refractivity contribution in [3.63, 3.8) is 0 Å². The van der Waals surface area contributed by atoms with E-state index < -0.39 is 0 Å². The van der Waals surface area contributed by atoms with E-state index in [2.05, 4.69) is 4.90 Å². The van der Waals surface area contributed by atoms with Gasteiger partial charge in [-0.15, -0.1) is 11.6 Å². The Morgan fingerprint density at radius 3 is 2.42 bits per heavy atom. The molecule has 0 bridgehead atoms. The molecule has 0 unspecified atom stereocenters. The Balaban J connectivity index is 2.19. The van der Waals surface area contributed by atoms with E-state index >= 15 is 0 Å². The van der Waals surface area contributed by atoms with Gasteiger partial charge in [-0.25, -0.2) is 4.39 Å². The lowest BCUT2D eigenvalue weighted by Crippen LogP contribution is -2.17. The summed E-state index contributed by atoms with van der Waals surface area (Å²) in [6, 6.07) is 12.1. The summed E-state index contributed by atoms with van der Waals surface area (Å²) in [7, 11) is 1.97. The highest BCUT2D eigenvalue weighted by atomic mass is 35.5. The molecule has 0 amide bonds. The Hall–Kier alpha value is -1.25. The molecule has 19 heavy (non-hydrogen) atoms. The first-order chi connectivity index (χ1) is 9.10. The van der Waals surface area contributed by atoms with Gasteiger partial charge in [0.25, 0.3) is 0 Å². The van der Waals surface area contributed by atoms with E-state index in [1.54, 1.807) is 12.1 Å². The molecule has 0 aromatic heterocycles. The zero-order valence-electron chi connectivity index (χ0n) is 10.5. The van der Waals surface area contributed by atoms with E-state index in [0.29, 0.717) is 17.4 Å². The van der Waals surface area contributed by atoms with Gasteiger partial charge in [-0.3, -0.25) is 0 Å². The number of benzene rings is 2. The summed E-state index contributed by atoms with van der Waals surface area (Å²) in [6.45, 7) is 0.686. The van der Waals surface area contributed by atoms with E-state index in [0.717, 1.165) is 16.8 Å². The second-order valence-corrected chi connectivity index (χ2v) is 5.09. The van der Waals surface area contributed by atoms with E-state index in [1.807, 2.05) is 25.2 Å². The number of nitrogens with zero attached hydrogens (tertiary/aromatic N) is 1. The maximum atomic E-state index is 12.9. The Morgan fingerprint density at radius 1 is 1.11 bits per heavy atom. The molecule has 0 radical (unpaired) electrons. The second kappa shape index (κ2) is 6.27. The van der Waals surface area contributed by atoms with Gasteiger partial charge in [0.2, 0.25) is 0 Å². The van der Waals surface area contributed by atoms with Crippen LogP contribution in [0, 0.1) is 5.82 Å². The highest BCUT2D eigenvalue weighted by Gasteiger charge is 2.08. The van der Waals surface area contributed by atoms with Crippen LogP contribution in [0.1, 0.15) is 11.1 Å². The standard InChI is InChI=1S/C15H14Cl2FN/c1-19(10-11-2-5-14(18)6-3-11)15-7-4-13(17)8-12(15)9-16/h2-8H,9-10H2,1H3. The molecule has 0 heterocycles. The Morgan fingerprint density at radius 2 is 1.79 bits per heavy atom. The first kappa shape index (κ1) is 14.2. The van der Waals surface area contributed by atoms with E-state index in [1.165, 1.54) is 12.1 Å². The molecule has 4 heteroatoms. The molecule has 100 valence electrons. The van der Waals surface area contributed by atoms with Crippen LogP contribution >= 0.6 is 23.2 Å². The van der Waals surface area contributed by atoms with Crippen LogP contribution in [0.2, 0.25) is 5.02 Å². The van der Waals surface area contributed by atoms with Crippen LogP contribution in [0.5, 0.6) is 0 Å². The van der Waals surface area contributed by atoms with Gasteiger partial charge in [-0.05, 0) is 41.5 Å². The minimum Gasteiger partial charge on any atom is -0.370 e. The average Bonchev–Trinajstić information content (AvgIpc) is 2.41. The summed E-state index contributed by atoms with van der Waals surface area (Å²) in [6.07, 6.45) is 0. The third-order valence-electron chi connectivity index (χ3n) is 2.93. The van der Waals surface area contributed by atoms with Gasteiger partial charge in [-0.1, -0.05) is 23.7 Å². The topological polar surface area (TPSA) is 3.24 Å². The summed E-state index contributed by atoms with van der Waals surface area (Å²) in [5.74, 6) is 0.184. The Kier molecular flexibility index (Phi) is 4.67. The van der Waals surface area contributed by atoms with Gasteiger partial charge in [0.05, 0.1) is 0 Å². The number of hydrogen-bond donors (Lipinski definition) is 0. The first-order valence-electron chi connectivity index (χ1n) is 5.90. The largest absolute Gasteiger partial charge is 0.370 e. The predicted octanol–water partition coefficient (Wildman–Crippen LogP) is 4.85. The molecule has 0 saturated heterocycles. The van der Waals surface area contributed by atoms with Crippen molar-refractivity contribution >= 4 is 28.9 Å². The number of anilines is 1. The van der Waals surface area contributed by atoms with Crippen molar-refractivity contribution in [3.05, 3.63) is 64.4 Å². The Labute approximate surface area is 122 Å². The van der Waals surface area contributed by atoms with Crippen LogP contribution < -0.4 is 4.90 Å². The summed E-state index contributed by atoms with van der Waals surface area (Å²) in [5, 5.41) is 0.676. The van der Waals surface area contributed by atoms with Gasteiger partial charge in [0.15, 0.2) is 0 Å². The lowest BCUT2D eigenvalue weighted by atomic mass is 10.1. The van der Waals surface area contributed by atoms with Crippen LogP contribution in [0.25, 0.3) is 0 Å². The minimum absolute atomic E-state index is 0.223.